The highest BCUT2D eigenvalue weighted by Crippen LogP contribution is 2.30. The van der Waals surface area contributed by atoms with Gasteiger partial charge in [0.05, 0.1) is 31.6 Å². The highest BCUT2D eigenvalue weighted by atomic mass is 16.5. The molecule has 0 aromatic heterocycles. The van der Waals surface area contributed by atoms with Crippen molar-refractivity contribution < 1.29 is 33.4 Å². The van der Waals surface area contributed by atoms with E-state index in [1.807, 2.05) is 13.8 Å². The molecule has 0 spiro atoms. The number of nitrogens with one attached hydrogen (secondary N) is 1. The number of hydrogen-bond acceptors (Lipinski definition) is 7. The standard InChI is InChI=1S/C24H24N2O7/c1-4-12-33-19-11-6-15(14-20(19)32-5-2)13-18-21(27)25-24(30)26(22(18)28)17-9-7-16(8-10-17)23(29)31-3/h6-11,13-14H,4-5,12H2,1-3H3,(H,25,27,30)/b18-13+. The number of carbonyl (C=O) groups is 4. The van der Waals surface area contributed by atoms with Crippen LogP contribution in [0.4, 0.5) is 10.5 Å². The van der Waals surface area contributed by atoms with Gasteiger partial charge in [0.15, 0.2) is 11.5 Å². The number of anilines is 1. The van der Waals surface area contributed by atoms with Gasteiger partial charge in [-0.1, -0.05) is 13.0 Å². The van der Waals surface area contributed by atoms with E-state index in [0.29, 0.717) is 30.3 Å². The molecule has 3 rings (SSSR count). The lowest BCUT2D eigenvalue weighted by Gasteiger charge is -2.26. The van der Waals surface area contributed by atoms with Crippen LogP contribution in [0.3, 0.4) is 0 Å². The van der Waals surface area contributed by atoms with Gasteiger partial charge in [-0.05, 0) is 61.4 Å². The maximum atomic E-state index is 13.1. The third-order valence-electron chi connectivity index (χ3n) is 4.69. The number of benzene rings is 2. The van der Waals surface area contributed by atoms with Crippen LogP contribution in [-0.2, 0) is 14.3 Å². The molecule has 1 aliphatic rings. The molecule has 2 aromatic rings. The fourth-order valence-electron chi connectivity index (χ4n) is 3.14. The number of hydrogen-bond donors (Lipinski definition) is 1. The van der Waals surface area contributed by atoms with Gasteiger partial charge < -0.3 is 14.2 Å². The summed E-state index contributed by atoms with van der Waals surface area (Å²) in [5.74, 6) is -1.11. The van der Waals surface area contributed by atoms with Crippen LogP contribution in [0.25, 0.3) is 6.08 Å². The van der Waals surface area contributed by atoms with Gasteiger partial charge in [0.2, 0.25) is 0 Å². The van der Waals surface area contributed by atoms with Gasteiger partial charge in [0.25, 0.3) is 11.8 Å². The van der Waals surface area contributed by atoms with Gasteiger partial charge in [-0.3, -0.25) is 14.9 Å². The molecule has 1 N–H and O–H groups in total. The third-order valence-corrected chi connectivity index (χ3v) is 4.69. The number of imide groups is 2. The van der Waals surface area contributed by atoms with Gasteiger partial charge in [-0.2, -0.15) is 0 Å². The zero-order valence-electron chi connectivity index (χ0n) is 18.5. The Hall–Kier alpha value is -4.14. The molecule has 33 heavy (non-hydrogen) atoms. The van der Waals surface area contributed by atoms with E-state index in [2.05, 4.69) is 10.1 Å². The first-order valence-electron chi connectivity index (χ1n) is 10.4. The van der Waals surface area contributed by atoms with E-state index in [9.17, 15) is 19.2 Å². The predicted molar refractivity (Wildman–Crippen MR) is 120 cm³/mol. The van der Waals surface area contributed by atoms with Crippen molar-refractivity contribution >= 4 is 35.6 Å². The second-order valence-corrected chi connectivity index (χ2v) is 6.98. The van der Waals surface area contributed by atoms with Gasteiger partial charge >= 0.3 is 12.0 Å². The normalized spacial score (nSPS) is 14.8. The fourth-order valence-corrected chi connectivity index (χ4v) is 3.14. The summed E-state index contributed by atoms with van der Waals surface area (Å²) in [6, 6.07) is 9.85. The van der Waals surface area contributed by atoms with Crippen LogP contribution in [0.2, 0.25) is 0 Å². The number of barbiturate groups is 1. The van der Waals surface area contributed by atoms with Crippen molar-refractivity contribution in [2.45, 2.75) is 20.3 Å². The zero-order chi connectivity index (χ0) is 24.0. The SMILES string of the molecule is CCCOc1ccc(/C=C2\C(=O)NC(=O)N(c3ccc(C(=O)OC)cc3)C2=O)cc1OCC. The van der Waals surface area contributed by atoms with Crippen LogP contribution in [0.5, 0.6) is 11.5 Å². The summed E-state index contributed by atoms with van der Waals surface area (Å²) in [6.45, 7) is 4.75. The Morgan fingerprint density at radius 2 is 1.73 bits per heavy atom. The topological polar surface area (TPSA) is 111 Å². The molecule has 2 aromatic carbocycles. The van der Waals surface area contributed by atoms with Gasteiger partial charge in [0, 0.05) is 0 Å². The number of rotatable bonds is 8. The van der Waals surface area contributed by atoms with E-state index in [-0.39, 0.29) is 16.8 Å². The van der Waals surface area contributed by atoms with Crippen molar-refractivity contribution in [3.63, 3.8) is 0 Å². The number of ether oxygens (including phenoxy) is 3. The van der Waals surface area contributed by atoms with E-state index in [0.717, 1.165) is 11.3 Å². The van der Waals surface area contributed by atoms with Crippen molar-refractivity contribution in [2.75, 3.05) is 25.2 Å². The van der Waals surface area contributed by atoms with Crippen molar-refractivity contribution in [3.05, 3.63) is 59.2 Å². The number of nitrogens with zero attached hydrogens (tertiary/aromatic N) is 1. The van der Waals surface area contributed by atoms with Crippen molar-refractivity contribution in [2.24, 2.45) is 0 Å². The van der Waals surface area contributed by atoms with Crippen LogP contribution in [0.1, 0.15) is 36.2 Å². The van der Waals surface area contributed by atoms with E-state index < -0.39 is 23.8 Å². The first-order valence-corrected chi connectivity index (χ1v) is 10.4. The fraction of sp³-hybridized carbons (Fsp3) is 0.250. The van der Waals surface area contributed by atoms with Gasteiger partial charge in [0.1, 0.15) is 5.57 Å². The van der Waals surface area contributed by atoms with Crippen molar-refractivity contribution in [1.29, 1.82) is 0 Å². The van der Waals surface area contributed by atoms with Crippen LogP contribution in [0, 0.1) is 0 Å². The van der Waals surface area contributed by atoms with Crippen LogP contribution in [-0.4, -0.2) is 44.1 Å². The van der Waals surface area contributed by atoms with E-state index >= 15 is 0 Å². The summed E-state index contributed by atoms with van der Waals surface area (Å²) in [5.41, 5.74) is 0.751. The molecule has 0 atom stereocenters. The Morgan fingerprint density at radius 3 is 2.36 bits per heavy atom. The monoisotopic (exact) mass is 452 g/mol. The molecule has 9 nitrogen and oxygen atoms in total. The summed E-state index contributed by atoms with van der Waals surface area (Å²) < 4.78 is 15.9. The average molecular weight is 452 g/mol. The third kappa shape index (κ3) is 5.20. The largest absolute Gasteiger partial charge is 0.490 e. The van der Waals surface area contributed by atoms with E-state index in [1.54, 1.807) is 18.2 Å². The molecular weight excluding hydrogens is 428 g/mol. The minimum absolute atomic E-state index is 0.196. The Balaban J connectivity index is 1.93. The van der Waals surface area contributed by atoms with Gasteiger partial charge in [-0.15, -0.1) is 0 Å². The Labute approximate surface area is 190 Å². The van der Waals surface area contributed by atoms with E-state index in [1.165, 1.54) is 37.5 Å². The molecule has 1 heterocycles. The number of urea groups is 1. The molecule has 172 valence electrons. The first kappa shape index (κ1) is 23.5. The van der Waals surface area contributed by atoms with Crippen molar-refractivity contribution in [3.8, 4) is 11.5 Å². The second kappa shape index (κ2) is 10.4. The minimum atomic E-state index is -0.883. The van der Waals surface area contributed by atoms with Crippen LogP contribution < -0.4 is 19.7 Å². The summed E-state index contributed by atoms with van der Waals surface area (Å²) in [4.78, 5) is 50.4. The molecule has 0 unspecified atom stereocenters. The molecule has 4 amide bonds. The predicted octanol–water partition coefficient (Wildman–Crippen LogP) is 3.33. The Bertz CT molecular complexity index is 1110. The van der Waals surface area contributed by atoms with Crippen LogP contribution >= 0.6 is 0 Å². The molecule has 1 saturated heterocycles. The number of methoxy groups -OCH3 is 1. The summed E-state index contributed by atoms with van der Waals surface area (Å²) >= 11 is 0. The minimum Gasteiger partial charge on any atom is -0.490 e. The molecule has 1 aliphatic heterocycles. The number of amides is 4. The molecule has 0 radical (unpaired) electrons. The van der Waals surface area contributed by atoms with Gasteiger partial charge in [-0.25, -0.2) is 14.5 Å². The highest BCUT2D eigenvalue weighted by Gasteiger charge is 2.36. The molecule has 0 bridgehead atoms. The zero-order valence-corrected chi connectivity index (χ0v) is 18.5. The maximum Gasteiger partial charge on any atom is 0.337 e. The summed E-state index contributed by atoms with van der Waals surface area (Å²) in [6.07, 6.45) is 2.21. The Kier molecular flexibility index (Phi) is 7.45. The lowest BCUT2D eigenvalue weighted by molar-refractivity contribution is -0.122. The summed E-state index contributed by atoms with van der Waals surface area (Å²) in [5, 5.41) is 2.17. The number of esters is 1. The molecular formula is C24H24N2O7. The smallest absolute Gasteiger partial charge is 0.337 e. The first-order chi connectivity index (χ1) is 15.9. The summed E-state index contributed by atoms with van der Waals surface area (Å²) in [7, 11) is 1.25. The average Bonchev–Trinajstić information content (AvgIpc) is 2.81. The quantitative estimate of drug-likeness (QED) is 0.371. The number of carbonyl (C=O) groups excluding carboxylic acids is 4. The lowest BCUT2D eigenvalue weighted by atomic mass is 10.1. The maximum absolute atomic E-state index is 13.1. The second-order valence-electron chi connectivity index (χ2n) is 6.98. The lowest BCUT2D eigenvalue weighted by Crippen LogP contribution is -2.54. The van der Waals surface area contributed by atoms with Crippen molar-refractivity contribution in [1.82, 2.24) is 5.32 Å². The highest BCUT2D eigenvalue weighted by molar-refractivity contribution is 6.39. The van der Waals surface area contributed by atoms with Crippen LogP contribution in [0.15, 0.2) is 48.0 Å². The molecule has 1 fully saturated rings. The molecule has 0 saturated carbocycles. The molecule has 9 heteroatoms. The molecule has 0 aliphatic carbocycles. The van der Waals surface area contributed by atoms with E-state index in [4.69, 9.17) is 9.47 Å². The Morgan fingerprint density at radius 1 is 1.00 bits per heavy atom.